The number of hydrogen-bond donors (Lipinski definition) is 2. The van der Waals surface area contributed by atoms with E-state index in [1.807, 2.05) is 61.3 Å². The second-order valence-electron chi connectivity index (χ2n) is 6.49. The molecule has 0 aliphatic heterocycles. The zero-order valence-corrected chi connectivity index (χ0v) is 20.5. The number of halogens is 1. The van der Waals surface area contributed by atoms with Crippen LogP contribution in [0.1, 0.15) is 28.4 Å². The van der Waals surface area contributed by atoms with Gasteiger partial charge in [-0.1, -0.05) is 12.1 Å². The Bertz CT molecular complexity index is 858. The van der Waals surface area contributed by atoms with E-state index in [0.717, 1.165) is 28.6 Å². The first-order chi connectivity index (χ1) is 14.0. The Morgan fingerprint density at radius 3 is 2.50 bits per heavy atom. The molecule has 164 valence electrons. The molecule has 0 bridgehead atoms. The maximum absolute atomic E-state index is 12.0. The topological polar surface area (TPSA) is 75.2 Å². The number of hydrogen-bond acceptors (Lipinski definition) is 4. The maximum atomic E-state index is 12.0. The van der Waals surface area contributed by atoms with Gasteiger partial charge in [-0.3, -0.25) is 9.79 Å². The third-order valence-corrected chi connectivity index (χ3v) is 4.45. The molecule has 0 radical (unpaired) electrons. The summed E-state index contributed by atoms with van der Waals surface area (Å²) in [6, 6.07) is 13.3. The van der Waals surface area contributed by atoms with Crippen LogP contribution >= 0.6 is 24.0 Å². The Labute approximate surface area is 195 Å². The minimum absolute atomic E-state index is 0. The molecule has 0 unspecified atom stereocenters. The molecule has 0 saturated carbocycles. The molecule has 7 nitrogen and oxygen atoms in total. The van der Waals surface area contributed by atoms with E-state index in [2.05, 4.69) is 15.6 Å². The van der Waals surface area contributed by atoms with Crippen LogP contribution in [-0.4, -0.2) is 51.6 Å². The standard InChI is InChI=1S/C22H30N4O3.HI/c1-6-24-21(27)17-9-7-8-16(12-17)14-25-22(23-2)26(3)15-18-10-11-19(28-4)13-20(18)29-5;/h7-13H,6,14-15H2,1-5H3,(H,23,25)(H,24,27);1H. The van der Waals surface area contributed by atoms with E-state index in [0.29, 0.717) is 25.2 Å². The Balaban J connectivity index is 0.00000450. The average molecular weight is 526 g/mol. The second-order valence-corrected chi connectivity index (χ2v) is 6.49. The summed E-state index contributed by atoms with van der Waals surface area (Å²) < 4.78 is 10.7. The molecule has 30 heavy (non-hydrogen) atoms. The zero-order valence-electron chi connectivity index (χ0n) is 18.2. The number of benzene rings is 2. The van der Waals surface area contributed by atoms with Gasteiger partial charge in [0.1, 0.15) is 11.5 Å². The summed E-state index contributed by atoms with van der Waals surface area (Å²) in [6.07, 6.45) is 0. The first-order valence-electron chi connectivity index (χ1n) is 9.52. The number of ether oxygens (including phenoxy) is 2. The van der Waals surface area contributed by atoms with E-state index >= 15 is 0 Å². The molecule has 0 aromatic heterocycles. The molecule has 1 amide bonds. The van der Waals surface area contributed by atoms with E-state index in [1.165, 1.54) is 0 Å². The highest BCUT2D eigenvalue weighted by Crippen LogP contribution is 2.25. The quantitative estimate of drug-likeness (QED) is 0.314. The highest BCUT2D eigenvalue weighted by molar-refractivity contribution is 14.0. The Morgan fingerprint density at radius 1 is 1.10 bits per heavy atom. The van der Waals surface area contributed by atoms with Crippen molar-refractivity contribution in [2.75, 3.05) is 34.9 Å². The van der Waals surface area contributed by atoms with Gasteiger partial charge in [-0.15, -0.1) is 24.0 Å². The number of carbonyl (C=O) groups excluding carboxylic acids is 1. The molecular formula is C22H31IN4O3. The third-order valence-electron chi connectivity index (χ3n) is 4.45. The number of rotatable bonds is 8. The van der Waals surface area contributed by atoms with Crippen LogP contribution in [0.3, 0.4) is 0 Å². The molecule has 0 fully saturated rings. The summed E-state index contributed by atoms with van der Waals surface area (Å²) in [5, 5.41) is 6.16. The molecular weight excluding hydrogens is 495 g/mol. The zero-order chi connectivity index (χ0) is 21.2. The van der Waals surface area contributed by atoms with Crippen molar-refractivity contribution in [1.82, 2.24) is 15.5 Å². The van der Waals surface area contributed by atoms with Crippen molar-refractivity contribution in [3.05, 3.63) is 59.2 Å². The van der Waals surface area contributed by atoms with Gasteiger partial charge in [0.25, 0.3) is 5.91 Å². The highest BCUT2D eigenvalue weighted by Gasteiger charge is 2.12. The molecule has 0 spiro atoms. The first-order valence-corrected chi connectivity index (χ1v) is 9.52. The van der Waals surface area contributed by atoms with Crippen LogP contribution in [0.25, 0.3) is 0 Å². The van der Waals surface area contributed by atoms with Crippen LogP contribution in [0.2, 0.25) is 0 Å². The average Bonchev–Trinajstić information content (AvgIpc) is 2.74. The first kappa shape index (κ1) is 25.5. The van der Waals surface area contributed by atoms with Crippen LogP contribution in [-0.2, 0) is 13.1 Å². The smallest absolute Gasteiger partial charge is 0.251 e. The molecule has 0 saturated heterocycles. The van der Waals surface area contributed by atoms with E-state index in [4.69, 9.17) is 9.47 Å². The monoisotopic (exact) mass is 526 g/mol. The van der Waals surface area contributed by atoms with Gasteiger partial charge in [0.2, 0.25) is 0 Å². The van der Waals surface area contributed by atoms with Crippen molar-refractivity contribution in [3.8, 4) is 11.5 Å². The fourth-order valence-corrected chi connectivity index (χ4v) is 2.96. The van der Waals surface area contributed by atoms with Gasteiger partial charge in [0.15, 0.2) is 5.96 Å². The predicted molar refractivity (Wildman–Crippen MR) is 131 cm³/mol. The fraction of sp³-hybridized carbons (Fsp3) is 0.364. The number of amides is 1. The molecule has 2 rings (SSSR count). The Morgan fingerprint density at radius 2 is 1.87 bits per heavy atom. The molecule has 2 aromatic carbocycles. The van der Waals surface area contributed by atoms with Crippen molar-refractivity contribution >= 4 is 35.8 Å². The molecule has 0 atom stereocenters. The van der Waals surface area contributed by atoms with Gasteiger partial charge >= 0.3 is 0 Å². The van der Waals surface area contributed by atoms with Crippen molar-refractivity contribution in [1.29, 1.82) is 0 Å². The number of methoxy groups -OCH3 is 2. The molecule has 0 heterocycles. The van der Waals surface area contributed by atoms with Crippen LogP contribution in [0.4, 0.5) is 0 Å². The van der Waals surface area contributed by atoms with Gasteiger partial charge in [-0.05, 0) is 36.8 Å². The number of nitrogens with zero attached hydrogens (tertiary/aromatic N) is 2. The number of nitrogens with one attached hydrogen (secondary N) is 2. The van der Waals surface area contributed by atoms with Crippen molar-refractivity contribution in [2.45, 2.75) is 20.0 Å². The van der Waals surface area contributed by atoms with Crippen LogP contribution < -0.4 is 20.1 Å². The van der Waals surface area contributed by atoms with Crippen LogP contribution in [0.15, 0.2) is 47.5 Å². The summed E-state index contributed by atoms with van der Waals surface area (Å²) >= 11 is 0. The van der Waals surface area contributed by atoms with Gasteiger partial charge in [0, 0.05) is 50.9 Å². The van der Waals surface area contributed by atoms with E-state index < -0.39 is 0 Å². The normalized spacial score (nSPS) is 10.6. The molecule has 0 aliphatic carbocycles. The Kier molecular flexibility index (Phi) is 11.0. The summed E-state index contributed by atoms with van der Waals surface area (Å²) in [5.41, 5.74) is 2.68. The third kappa shape index (κ3) is 7.08. The fourth-order valence-electron chi connectivity index (χ4n) is 2.96. The van der Waals surface area contributed by atoms with Gasteiger partial charge < -0.3 is 25.0 Å². The summed E-state index contributed by atoms with van der Waals surface area (Å²) in [5.74, 6) is 2.19. The summed E-state index contributed by atoms with van der Waals surface area (Å²) in [7, 11) is 6.99. The molecule has 8 heteroatoms. The van der Waals surface area contributed by atoms with Crippen molar-refractivity contribution < 1.29 is 14.3 Å². The maximum Gasteiger partial charge on any atom is 0.251 e. The van der Waals surface area contributed by atoms with Gasteiger partial charge in [-0.25, -0.2) is 0 Å². The number of aliphatic imine (C=N–C) groups is 1. The van der Waals surface area contributed by atoms with Gasteiger partial charge in [-0.2, -0.15) is 0 Å². The second kappa shape index (κ2) is 12.9. The van der Waals surface area contributed by atoms with E-state index in [1.54, 1.807) is 21.3 Å². The lowest BCUT2D eigenvalue weighted by Crippen LogP contribution is -2.38. The van der Waals surface area contributed by atoms with E-state index in [9.17, 15) is 4.79 Å². The van der Waals surface area contributed by atoms with Crippen LogP contribution in [0.5, 0.6) is 11.5 Å². The lowest BCUT2D eigenvalue weighted by atomic mass is 10.1. The molecule has 0 aliphatic rings. The largest absolute Gasteiger partial charge is 0.497 e. The van der Waals surface area contributed by atoms with E-state index in [-0.39, 0.29) is 29.9 Å². The Hall–Kier alpha value is -2.49. The molecule has 2 N–H and O–H groups in total. The van der Waals surface area contributed by atoms with Crippen LogP contribution in [0, 0.1) is 0 Å². The molecule has 2 aromatic rings. The summed E-state index contributed by atoms with van der Waals surface area (Å²) in [4.78, 5) is 18.4. The lowest BCUT2D eigenvalue weighted by Gasteiger charge is -2.23. The van der Waals surface area contributed by atoms with Gasteiger partial charge in [0.05, 0.1) is 14.2 Å². The van der Waals surface area contributed by atoms with Crippen molar-refractivity contribution in [3.63, 3.8) is 0 Å². The SMILES string of the molecule is CCNC(=O)c1cccc(CNC(=NC)N(C)Cc2ccc(OC)cc2OC)c1.I. The predicted octanol–water partition coefficient (Wildman–Crippen LogP) is 3.28. The summed E-state index contributed by atoms with van der Waals surface area (Å²) in [6.45, 7) is 3.68. The number of guanidine groups is 1. The van der Waals surface area contributed by atoms with Crippen molar-refractivity contribution in [2.24, 2.45) is 4.99 Å². The lowest BCUT2D eigenvalue weighted by molar-refractivity contribution is 0.0955. The highest BCUT2D eigenvalue weighted by atomic mass is 127. The minimum Gasteiger partial charge on any atom is -0.497 e. The minimum atomic E-state index is -0.0672. The number of carbonyl (C=O) groups is 1.